The molecule has 2 saturated heterocycles. The number of carboxylic acids is 1. The zero-order valence-corrected chi connectivity index (χ0v) is 11.9. The topological polar surface area (TPSA) is 120 Å². The number of aromatic amines is 1. The molecule has 21 heavy (non-hydrogen) atoms. The molecule has 0 saturated carbocycles. The van der Waals surface area contributed by atoms with Gasteiger partial charge in [0.05, 0.1) is 12.0 Å². The van der Waals surface area contributed by atoms with Gasteiger partial charge in [-0.25, -0.2) is 13.2 Å². The van der Waals surface area contributed by atoms with Crippen LogP contribution in [0.4, 0.5) is 0 Å². The predicted molar refractivity (Wildman–Crippen MR) is 71.2 cm³/mol. The zero-order valence-electron chi connectivity index (χ0n) is 11.1. The summed E-state index contributed by atoms with van der Waals surface area (Å²) in [6.45, 7) is 0.644. The second-order valence-corrected chi connectivity index (χ2v) is 7.12. The van der Waals surface area contributed by atoms with Crippen molar-refractivity contribution in [3.8, 4) is 0 Å². The minimum absolute atomic E-state index is 0.0834. The van der Waals surface area contributed by atoms with E-state index in [-0.39, 0.29) is 28.5 Å². The number of hydrogen-bond acceptors (Lipinski definition) is 4. The largest absolute Gasteiger partial charge is 0.477 e. The van der Waals surface area contributed by atoms with Crippen molar-refractivity contribution in [3.05, 3.63) is 18.0 Å². The summed E-state index contributed by atoms with van der Waals surface area (Å²) in [7, 11) is -3.81. The summed E-state index contributed by atoms with van der Waals surface area (Å²) in [5.41, 5.74) is -0.178. The van der Waals surface area contributed by atoms with Crippen molar-refractivity contribution in [2.24, 2.45) is 5.92 Å². The van der Waals surface area contributed by atoms with Crippen LogP contribution in [0.5, 0.6) is 0 Å². The van der Waals surface area contributed by atoms with Crippen LogP contribution in [-0.4, -0.2) is 53.8 Å². The highest BCUT2D eigenvalue weighted by atomic mass is 32.2. The Hall–Kier alpha value is -1.87. The number of nitrogens with zero attached hydrogens (tertiary/aromatic N) is 1. The first-order valence-electron chi connectivity index (χ1n) is 6.62. The van der Waals surface area contributed by atoms with Crippen LogP contribution in [-0.2, 0) is 14.8 Å². The number of carbonyl (C=O) groups excluding carboxylic acids is 1. The van der Waals surface area contributed by atoms with Crippen molar-refractivity contribution in [3.63, 3.8) is 0 Å². The van der Waals surface area contributed by atoms with Crippen LogP contribution in [0.25, 0.3) is 0 Å². The summed E-state index contributed by atoms with van der Waals surface area (Å²) in [6.07, 6.45) is 2.46. The molecule has 3 N–H and O–H groups in total. The van der Waals surface area contributed by atoms with Crippen molar-refractivity contribution in [2.75, 3.05) is 13.1 Å². The number of sulfonamides is 1. The Bertz CT molecular complexity index is 696. The minimum Gasteiger partial charge on any atom is -0.477 e. The molecule has 2 unspecified atom stereocenters. The minimum atomic E-state index is -3.81. The van der Waals surface area contributed by atoms with E-state index in [1.807, 2.05) is 0 Å². The number of rotatable bonds is 3. The summed E-state index contributed by atoms with van der Waals surface area (Å²) in [6, 6.07) is 0.713. The van der Waals surface area contributed by atoms with E-state index in [2.05, 4.69) is 10.3 Å². The Morgan fingerprint density at radius 2 is 2.19 bits per heavy atom. The second kappa shape index (κ2) is 4.85. The van der Waals surface area contributed by atoms with Crippen LogP contribution in [0.1, 0.15) is 23.3 Å². The zero-order chi connectivity index (χ0) is 15.2. The maximum atomic E-state index is 12.6. The molecule has 1 amide bonds. The number of carbonyl (C=O) groups is 2. The Balaban J connectivity index is 1.93. The van der Waals surface area contributed by atoms with Crippen LogP contribution in [0.3, 0.4) is 0 Å². The van der Waals surface area contributed by atoms with E-state index in [4.69, 9.17) is 5.11 Å². The van der Waals surface area contributed by atoms with E-state index < -0.39 is 16.0 Å². The van der Waals surface area contributed by atoms with Crippen LogP contribution in [0.15, 0.2) is 17.2 Å². The van der Waals surface area contributed by atoms with Gasteiger partial charge in [0.25, 0.3) is 0 Å². The summed E-state index contributed by atoms with van der Waals surface area (Å²) in [5, 5.41) is 11.6. The van der Waals surface area contributed by atoms with Gasteiger partial charge in [-0.05, 0) is 18.9 Å². The summed E-state index contributed by atoms with van der Waals surface area (Å²) in [5.74, 6) is -1.64. The van der Waals surface area contributed by atoms with Gasteiger partial charge in [0.2, 0.25) is 15.9 Å². The lowest BCUT2D eigenvalue weighted by molar-refractivity contribution is -0.123. The van der Waals surface area contributed by atoms with Gasteiger partial charge >= 0.3 is 5.97 Å². The Labute approximate surface area is 121 Å². The molecule has 114 valence electrons. The van der Waals surface area contributed by atoms with Crippen LogP contribution < -0.4 is 5.32 Å². The number of amides is 1. The Kier molecular flexibility index (Phi) is 3.25. The fourth-order valence-electron chi connectivity index (χ4n) is 2.99. The molecule has 0 aliphatic carbocycles. The smallest absolute Gasteiger partial charge is 0.352 e. The number of carboxylic acid groups (broad SMARTS) is 1. The van der Waals surface area contributed by atoms with E-state index in [9.17, 15) is 18.0 Å². The fraction of sp³-hybridized carbons (Fsp3) is 0.500. The maximum absolute atomic E-state index is 12.6. The lowest BCUT2D eigenvalue weighted by Gasteiger charge is -2.34. The summed E-state index contributed by atoms with van der Waals surface area (Å²) in [4.78, 5) is 24.9. The molecular weight excluding hydrogens is 298 g/mol. The van der Waals surface area contributed by atoms with Crippen LogP contribution >= 0.6 is 0 Å². The van der Waals surface area contributed by atoms with Gasteiger partial charge in [0.15, 0.2) is 0 Å². The maximum Gasteiger partial charge on any atom is 0.352 e. The second-order valence-electron chi connectivity index (χ2n) is 5.23. The van der Waals surface area contributed by atoms with Crippen molar-refractivity contribution in [1.29, 1.82) is 0 Å². The third-order valence-electron chi connectivity index (χ3n) is 4.04. The quantitative estimate of drug-likeness (QED) is 0.702. The van der Waals surface area contributed by atoms with Gasteiger partial charge in [-0.3, -0.25) is 4.79 Å². The van der Waals surface area contributed by atoms with E-state index in [1.165, 1.54) is 10.5 Å². The normalized spacial score (nSPS) is 26.4. The van der Waals surface area contributed by atoms with Crippen molar-refractivity contribution in [2.45, 2.75) is 23.8 Å². The number of fused-ring (bicyclic) bond motifs is 1. The monoisotopic (exact) mass is 313 g/mol. The molecule has 2 aliphatic rings. The molecule has 2 aliphatic heterocycles. The standard InChI is InChI=1S/C12H15N3O5S/c16-11-8-2-1-3-15(10(8)6-14-11)21(19,20)7-4-9(12(17)18)13-5-7/h4-5,8,10,13H,1-3,6H2,(H,14,16)(H,17,18). The molecule has 0 aromatic carbocycles. The number of piperidine rings is 1. The van der Waals surface area contributed by atoms with Gasteiger partial charge in [-0.15, -0.1) is 0 Å². The predicted octanol–water partition coefficient (Wildman–Crippen LogP) is -0.388. The highest BCUT2D eigenvalue weighted by Gasteiger charge is 2.45. The third-order valence-corrected chi connectivity index (χ3v) is 5.95. The van der Waals surface area contributed by atoms with Crippen molar-refractivity contribution >= 4 is 21.9 Å². The van der Waals surface area contributed by atoms with Gasteiger partial charge in [0, 0.05) is 19.3 Å². The van der Waals surface area contributed by atoms with E-state index in [0.717, 1.165) is 6.07 Å². The number of aromatic carboxylic acids is 1. The lowest BCUT2D eigenvalue weighted by atomic mass is 9.93. The highest BCUT2D eigenvalue weighted by molar-refractivity contribution is 7.89. The van der Waals surface area contributed by atoms with Crippen LogP contribution in [0.2, 0.25) is 0 Å². The molecule has 2 fully saturated rings. The molecule has 3 heterocycles. The lowest BCUT2D eigenvalue weighted by Crippen LogP contribution is -2.48. The first-order chi connectivity index (χ1) is 9.91. The third kappa shape index (κ3) is 2.22. The van der Waals surface area contributed by atoms with Gasteiger partial charge in [-0.1, -0.05) is 0 Å². The SMILES string of the molecule is O=C(O)c1cc(S(=O)(=O)N2CCCC3C(=O)NCC32)c[nH]1. The summed E-state index contributed by atoms with van der Waals surface area (Å²) >= 11 is 0. The van der Waals surface area contributed by atoms with E-state index in [0.29, 0.717) is 25.9 Å². The molecular formula is C12H15N3O5S. The molecule has 0 bridgehead atoms. The average Bonchev–Trinajstić information content (AvgIpc) is 3.06. The van der Waals surface area contributed by atoms with Gasteiger partial charge in [-0.2, -0.15) is 4.31 Å². The molecule has 9 heteroatoms. The van der Waals surface area contributed by atoms with Gasteiger partial charge in [0.1, 0.15) is 10.6 Å². The number of hydrogen-bond donors (Lipinski definition) is 3. The first-order valence-corrected chi connectivity index (χ1v) is 8.06. The first kappa shape index (κ1) is 14.1. The van der Waals surface area contributed by atoms with Gasteiger partial charge < -0.3 is 15.4 Å². The van der Waals surface area contributed by atoms with Crippen molar-refractivity contribution < 1.29 is 23.1 Å². The van der Waals surface area contributed by atoms with E-state index in [1.54, 1.807) is 0 Å². The Morgan fingerprint density at radius 3 is 2.86 bits per heavy atom. The number of aromatic nitrogens is 1. The molecule has 0 radical (unpaired) electrons. The van der Waals surface area contributed by atoms with Crippen molar-refractivity contribution in [1.82, 2.24) is 14.6 Å². The molecule has 1 aromatic heterocycles. The molecule has 3 rings (SSSR count). The fourth-order valence-corrected chi connectivity index (χ4v) is 4.69. The molecule has 0 spiro atoms. The molecule has 8 nitrogen and oxygen atoms in total. The summed E-state index contributed by atoms with van der Waals surface area (Å²) < 4.78 is 26.6. The number of H-pyrrole nitrogens is 1. The highest BCUT2D eigenvalue weighted by Crippen LogP contribution is 2.32. The number of nitrogens with one attached hydrogen (secondary N) is 2. The Morgan fingerprint density at radius 1 is 1.43 bits per heavy atom. The average molecular weight is 313 g/mol. The molecule has 1 aromatic rings. The molecule has 2 atom stereocenters. The van der Waals surface area contributed by atoms with E-state index >= 15 is 0 Å². The van der Waals surface area contributed by atoms with Crippen LogP contribution in [0, 0.1) is 5.92 Å².